The van der Waals surface area contributed by atoms with Crippen LogP contribution in [-0.2, 0) is 9.84 Å². The van der Waals surface area contributed by atoms with Crippen LogP contribution in [0.2, 0.25) is 0 Å². The first-order valence-corrected chi connectivity index (χ1v) is 9.07. The lowest BCUT2D eigenvalue weighted by molar-refractivity contribution is 0.218. The van der Waals surface area contributed by atoms with Gasteiger partial charge in [0.15, 0.2) is 9.84 Å². The van der Waals surface area contributed by atoms with Crippen molar-refractivity contribution in [3.8, 4) is 0 Å². The van der Waals surface area contributed by atoms with E-state index < -0.39 is 9.84 Å². The summed E-state index contributed by atoms with van der Waals surface area (Å²) in [5.41, 5.74) is 7.52. The summed E-state index contributed by atoms with van der Waals surface area (Å²) in [6, 6.07) is 4.87. The molecular formula is C15H23FN2O2S. The van der Waals surface area contributed by atoms with Crippen molar-refractivity contribution in [3.63, 3.8) is 0 Å². The molecule has 1 fully saturated rings. The zero-order chi connectivity index (χ0) is 15.6. The third-order valence-corrected chi connectivity index (χ3v) is 5.95. The number of nitrogens with zero attached hydrogens (tertiary/aromatic N) is 1. The highest BCUT2D eigenvalue weighted by atomic mass is 32.2. The first-order valence-electron chi connectivity index (χ1n) is 7.24. The van der Waals surface area contributed by atoms with Gasteiger partial charge in [-0.3, -0.25) is 4.90 Å². The molecule has 2 rings (SSSR count). The summed E-state index contributed by atoms with van der Waals surface area (Å²) >= 11 is 0. The van der Waals surface area contributed by atoms with Gasteiger partial charge in [-0.25, -0.2) is 12.8 Å². The van der Waals surface area contributed by atoms with Crippen molar-refractivity contribution in [2.45, 2.75) is 32.4 Å². The second kappa shape index (κ2) is 6.42. The Balaban J connectivity index is 1.92. The molecule has 0 bridgehead atoms. The Bertz CT molecular complexity index is 604. The summed E-state index contributed by atoms with van der Waals surface area (Å²) in [7, 11) is -2.89. The van der Waals surface area contributed by atoms with Gasteiger partial charge in [0.1, 0.15) is 5.82 Å². The van der Waals surface area contributed by atoms with E-state index in [1.54, 1.807) is 13.0 Å². The van der Waals surface area contributed by atoms with Crippen molar-refractivity contribution in [1.82, 2.24) is 4.90 Å². The van der Waals surface area contributed by atoms with Gasteiger partial charge in [-0.15, -0.1) is 0 Å². The maximum Gasteiger partial charge on any atom is 0.153 e. The zero-order valence-electron chi connectivity index (χ0n) is 12.5. The summed E-state index contributed by atoms with van der Waals surface area (Å²) in [6.45, 7) is 4.93. The van der Waals surface area contributed by atoms with Gasteiger partial charge < -0.3 is 5.73 Å². The van der Waals surface area contributed by atoms with Crippen molar-refractivity contribution >= 4 is 9.84 Å². The van der Waals surface area contributed by atoms with Crippen LogP contribution in [0, 0.1) is 12.7 Å². The number of benzene rings is 1. The monoisotopic (exact) mass is 314 g/mol. The summed E-state index contributed by atoms with van der Waals surface area (Å²) in [5, 5.41) is 0. The zero-order valence-corrected chi connectivity index (χ0v) is 13.4. The number of halogens is 1. The molecule has 0 spiro atoms. The minimum atomic E-state index is -2.89. The maximum absolute atomic E-state index is 13.5. The lowest BCUT2D eigenvalue weighted by Crippen LogP contribution is -2.47. The molecule has 1 aliphatic rings. The van der Waals surface area contributed by atoms with E-state index >= 15 is 0 Å². The molecular weight excluding hydrogens is 291 g/mol. The summed E-state index contributed by atoms with van der Waals surface area (Å²) < 4.78 is 36.6. The van der Waals surface area contributed by atoms with Gasteiger partial charge in [0.25, 0.3) is 0 Å². The smallest absolute Gasteiger partial charge is 0.153 e. The lowest BCUT2D eigenvalue weighted by atomic mass is 10.0. The molecule has 1 saturated heterocycles. The van der Waals surface area contributed by atoms with Crippen molar-refractivity contribution in [2.75, 3.05) is 24.6 Å². The Morgan fingerprint density at radius 1 is 1.48 bits per heavy atom. The van der Waals surface area contributed by atoms with Gasteiger partial charge in [0, 0.05) is 25.2 Å². The predicted molar refractivity (Wildman–Crippen MR) is 82.4 cm³/mol. The first kappa shape index (κ1) is 16.4. The van der Waals surface area contributed by atoms with Gasteiger partial charge >= 0.3 is 0 Å². The quantitative estimate of drug-likeness (QED) is 0.918. The topological polar surface area (TPSA) is 63.4 Å². The average Bonchev–Trinajstić information content (AvgIpc) is 2.39. The maximum atomic E-state index is 13.5. The number of aryl methyl sites for hydroxylation is 1. The highest BCUT2D eigenvalue weighted by Gasteiger charge is 2.28. The van der Waals surface area contributed by atoms with Gasteiger partial charge in [-0.05, 0) is 37.5 Å². The summed E-state index contributed by atoms with van der Waals surface area (Å²) in [5.74, 6) is 0.188. The van der Waals surface area contributed by atoms with Crippen LogP contribution in [-0.4, -0.2) is 44.0 Å². The predicted octanol–water partition coefficient (Wildman–Crippen LogP) is 1.64. The number of sulfone groups is 1. The van der Waals surface area contributed by atoms with Gasteiger partial charge in [-0.1, -0.05) is 12.1 Å². The highest BCUT2D eigenvalue weighted by Crippen LogP contribution is 2.19. The minimum absolute atomic E-state index is 0.0192. The van der Waals surface area contributed by atoms with E-state index in [1.165, 1.54) is 6.07 Å². The molecule has 2 N–H and O–H groups in total. The Morgan fingerprint density at radius 2 is 2.19 bits per heavy atom. The number of hydrogen-bond acceptors (Lipinski definition) is 4. The average molecular weight is 314 g/mol. The van der Waals surface area contributed by atoms with Crippen molar-refractivity contribution in [2.24, 2.45) is 5.73 Å². The molecule has 21 heavy (non-hydrogen) atoms. The fourth-order valence-electron chi connectivity index (χ4n) is 2.68. The molecule has 6 heteroatoms. The molecule has 1 aliphatic heterocycles. The number of hydrogen-bond donors (Lipinski definition) is 1. The highest BCUT2D eigenvalue weighted by molar-refractivity contribution is 7.91. The Labute approximate surface area is 126 Å². The molecule has 1 aromatic carbocycles. The number of nitrogens with two attached hydrogens (primary N) is 1. The Hall–Kier alpha value is -0.980. The van der Waals surface area contributed by atoms with Crippen LogP contribution in [0.15, 0.2) is 18.2 Å². The van der Waals surface area contributed by atoms with E-state index in [9.17, 15) is 12.8 Å². The Kier molecular flexibility index (Phi) is 5.01. The van der Waals surface area contributed by atoms with Crippen LogP contribution in [0.1, 0.15) is 30.5 Å². The van der Waals surface area contributed by atoms with Crippen LogP contribution in [0.5, 0.6) is 0 Å². The lowest BCUT2D eigenvalue weighted by Gasteiger charge is -2.33. The second-order valence-electron chi connectivity index (χ2n) is 5.90. The molecule has 118 valence electrons. The normalized spacial score (nSPS) is 23.9. The van der Waals surface area contributed by atoms with Crippen molar-refractivity contribution in [1.29, 1.82) is 0 Å². The van der Waals surface area contributed by atoms with E-state index in [4.69, 9.17) is 5.73 Å². The van der Waals surface area contributed by atoms with E-state index in [2.05, 4.69) is 4.90 Å². The fourth-order valence-corrected chi connectivity index (χ4v) is 4.30. The fraction of sp³-hybridized carbons (Fsp3) is 0.600. The molecule has 1 heterocycles. The molecule has 0 radical (unpaired) electrons. The molecule has 1 aromatic rings. The molecule has 0 amide bonds. The standard InChI is InChI=1S/C15H23FN2O2S/c1-11-3-4-13(9-14(11)16)15(17)5-6-18-7-8-21(19,20)10-12(18)2/h3-4,9,12,15H,5-8,10,17H2,1-2H3. The van der Waals surface area contributed by atoms with Crippen LogP contribution in [0.4, 0.5) is 4.39 Å². The number of rotatable bonds is 4. The Morgan fingerprint density at radius 3 is 2.81 bits per heavy atom. The third kappa shape index (κ3) is 4.25. The van der Waals surface area contributed by atoms with Crippen LogP contribution in [0.3, 0.4) is 0 Å². The third-order valence-electron chi connectivity index (χ3n) is 4.16. The van der Waals surface area contributed by atoms with E-state index in [0.717, 1.165) is 12.1 Å². The first-order chi connectivity index (χ1) is 9.78. The minimum Gasteiger partial charge on any atom is -0.324 e. The van der Waals surface area contributed by atoms with Crippen LogP contribution < -0.4 is 5.73 Å². The van der Waals surface area contributed by atoms with Gasteiger partial charge in [0.2, 0.25) is 0 Å². The van der Waals surface area contributed by atoms with Gasteiger partial charge in [0.05, 0.1) is 11.5 Å². The molecule has 4 nitrogen and oxygen atoms in total. The van der Waals surface area contributed by atoms with Crippen LogP contribution >= 0.6 is 0 Å². The molecule has 0 aliphatic carbocycles. The van der Waals surface area contributed by atoms with E-state index in [0.29, 0.717) is 18.5 Å². The largest absolute Gasteiger partial charge is 0.324 e. The molecule has 2 unspecified atom stereocenters. The van der Waals surface area contributed by atoms with E-state index in [-0.39, 0.29) is 29.4 Å². The molecule has 0 saturated carbocycles. The molecule has 0 aromatic heterocycles. The molecule has 2 atom stereocenters. The second-order valence-corrected chi connectivity index (χ2v) is 8.13. The van der Waals surface area contributed by atoms with Crippen molar-refractivity contribution in [3.05, 3.63) is 35.1 Å². The van der Waals surface area contributed by atoms with Crippen LogP contribution in [0.25, 0.3) is 0 Å². The SMILES string of the molecule is Cc1ccc(C(N)CCN2CCS(=O)(=O)CC2C)cc1F. The summed E-state index contributed by atoms with van der Waals surface area (Å²) in [6.07, 6.45) is 0.687. The summed E-state index contributed by atoms with van der Waals surface area (Å²) in [4.78, 5) is 2.14. The van der Waals surface area contributed by atoms with Gasteiger partial charge in [-0.2, -0.15) is 0 Å². The van der Waals surface area contributed by atoms with E-state index in [1.807, 2.05) is 13.0 Å². The van der Waals surface area contributed by atoms with Crippen molar-refractivity contribution < 1.29 is 12.8 Å².